The van der Waals surface area contributed by atoms with Crippen LogP contribution < -0.4 is 4.90 Å². The molecule has 0 radical (unpaired) electrons. The van der Waals surface area contributed by atoms with Gasteiger partial charge in [0.05, 0.1) is 22.4 Å². The molecule has 0 bridgehead atoms. The number of rotatable bonds is 8. The van der Waals surface area contributed by atoms with Crippen LogP contribution >= 0.6 is 0 Å². The van der Waals surface area contributed by atoms with Crippen molar-refractivity contribution in [1.82, 2.24) is 4.57 Å². The van der Waals surface area contributed by atoms with Crippen LogP contribution in [-0.4, -0.2) is 4.57 Å². The summed E-state index contributed by atoms with van der Waals surface area (Å²) in [6.07, 6.45) is 0. The SMILES string of the molecule is c1ccc(-c2ccccc2-n2c3ccccc3c3ccccc32)c(-c2ccc(N(c3ccc(-c4cccc5c4oc4ccccc45)cc3)c3ccccc3-c3cccc4ccccc34)cc2)c1. The van der Waals surface area contributed by atoms with E-state index in [4.69, 9.17) is 4.42 Å². The molecular formula is C64H42N2O. The molecule has 0 aliphatic carbocycles. The van der Waals surface area contributed by atoms with Gasteiger partial charge in [-0.2, -0.15) is 0 Å². The summed E-state index contributed by atoms with van der Waals surface area (Å²) >= 11 is 0. The smallest absolute Gasteiger partial charge is 0.143 e. The van der Waals surface area contributed by atoms with E-state index in [2.05, 4.69) is 252 Å². The van der Waals surface area contributed by atoms with Gasteiger partial charge in [0, 0.05) is 49.6 Å². The molecule has 13 aromatic rings. The molecule has 314 valence electrons. The molecule has 3 nitrogen and oxygen atoms in total. The third kappa shape index (κ3) is 6.43. The van der Waals surface area contributed by atoms with Crippen molar-refractivity contribution in [2.75, 3.05) is 4.90 Å². The summed E-state index contributed by atoms with van der Waals surface area (Å²) in [4.78, 5) is 2.40. The fraction of sp³-hybridized carbons (Fsp3) is 0. The molecule has 2 heterocycles. The number of aromatic nitrogens is 1. The molecule has 0 atom stereocenters. The largest absolute Gasteiger partial charge is 0.455 e. The standard InChI is InChI=1S/C64H42N2O/c1-2-19-48-43(17-1)18-15-28-52(48)53-22-5-10-30-59(53)65(47-41-37-45(38-42-47)50-27-16-29-58-57-26-9-14-34-63(57)67-64(50)58)46-39-35-44(36-40-46)49-20-3-4-21-51(49)54-23-6-11-31-60(54)66-61-32-12-7-24-55(61)56-25-8-13-33-62(56)66/h1-42H. The Kier molecular flexibility index (Phi) is 9.17. The number of para-hydroxylation sites is 6. The van der Waals surface area contributed by atoms with Crippen molar-refractivity contribution in [1.29, 1.82) is 0 Å². The maximum absolute atomic E-state index is 6.49. The first-order valence-corrected chi connectivity index (χ1v) is 22.9. The van der Waals surface area contributed by atoms with Gasteiger partial charge in [0.15, 0.2) is 0 Å². The van der Waals surface area contributed by atoms with E-state index in [0.717, 1.165) is 66.9 Å². The molecule has 0 amide bonds. The molecule has 3 heteroatoms. The lowest BCUT2D eigenvalue weighted by atomic mass is 9.93. The maximum Gasteiger partial charge on any atom is 0.143 e. The third-order valence-electron chi connectivity index (χ3n) is 13.4. The highest BCUT2D eigenvalue weighted by atomic mass is 16.3. The van der Waals surface area contributed by atoms with Crippen LogP contribution in [0.1, 0.15) is 0 Å². The Hall–Kier alpha value is -8.92. The minimum Gasteiger partial charge on any atom is -0.455 e. The van der Waals surface area contributed by atoms with Crippen molar-refractivity contribution in [3.63, 3.8) is 0 Å². The second kappa shape index (κ2) is 16.0. The second-order valence-corrected chi connectivity index (χ2v) is 17.2. The lowest BCUT2D eigenvalue weighted by Gasteiger charge is -2.28. The molecule has 67 heavy (non-hydrogen) atoms. The van der Waals surface area contributed by atoms with Gasteiger partial charge in [-0.3, -0.25) is 0 Å². The first kappa shape index (κ1) is 38.5. The number of benzene rings is 11. The lowest BCUT2D eigenvalue weighted by molar-refractivity contribution is 0.670. The predicted molar refractivity (Wildman–Crippen MR) is 282 cm³/mol. The van der Waals surface area contributed by atoms with E-state index in [9.17, 15) is 0 Å². The predicted octanol–water partition coefficient (Wildman–Crippen LogP) is 18.0. The normalized spacial score (nSPS) is 11.6. The molecular weight excluding hydrogens is 813 g/mol. The van der Waals surface area contributed by atoms with Gasteiger partial charge in [0.25, 0.3) is 0 Å². The average molecular weight is 855 g/mol. The van der Waals surface area contributed by atoms with E-state index < -0.39 is 0 Å². The molecule has 0 unspecified atom stereocenters. The zero-order valence-electron chi connectivity index (χ0n) is 36.6. The minimum absolute atomic E-state index is 0.899. The first-order chi connectivity index (χ1) is 33.3. The van der Waals surface area contributed by atoms with Crippen molar-refractivity contribution >= 4 is 71.6 Å². The Balaban J connectivity index is 0.943. The Labute approximate surface area is 388 Å². The van der Waals surface area contributed by atoms with Gasteiger partial charge < -0.3 is 13.9 Å². The highest BCUT2D eigenvalue weighted by Gasteiger charge is 2.21. The first-order valence-electron chi connectivity index (χ1n) is 22.9. The van der Waals surface area contributed by atoms with E-state index in [1.165, 1.54) is 54.8 Å². The fourth-order valence-corrected chi connectivity index (χ4v) is 10.4. The van der Waals surface area contributed by atoms with Crippen molar-refractivity contribution < 1.29 is 4.42 Å². The maximum atomic E-state index is 6.49. The van der Waals surface area contributed by atoms with Gasteiger partial charge in [-0.25, -0.2) is 0 Å². The van der Waals surface area contributed by atoms with E-state index >= 15 is 0 Å². The van der Waals surface area contributed by atoms with E-state index in [1.54, 1.807) is 0 Å². The van der Waals surface area contributed by atoms with Gasteiger partial charge in [-0.05, 0) is 93.2 Å². The van der Waals surface area contributed by atoms with Gasteiger partial charge in [0.1, 0.15) is 11.2 Å². The highest BCUT2D eigenvalue weighted by molar-refractivity contribution is 6.11. The zero-order chi connectivity index (χ0) is 44.3. The van der Waals surface area contributed by atoms with Crippen LogP contribution in [0.25, 0.3) is 105 Å². The lowest BCUT2D eigenvalue weighted by Crippen LogP contribution is -2.11. The van der Waals surface area contributed by atoms with E-state index in [-0.39, 0.29) is 0 Å². The zero-order valence-corrected chi connectivity index (χ0v) is 36.6. The molecule has 2 aromatic heterocycles. The Morgan fingerprint density at radius 1 is 0.299 bits per heavy atom. The molecule has 11 aromatic carbocycles. The number of hydrogen-bond donors (Lipinski definition) is 0. The van der Waals surface area contributed by atoms with Crippen molar-refractivity contribution in [2.45, 2.75) is 0 Å². The summed E-state index contributed by atoms with van der Waals surface area (Å²) in [5, 5.41) is 7.20. The topological polar surface area (TPSA) is 21.3 Å². The van der Waals surface area contributed by atoms with Gasteiger partial charge >= 0.3 is 0 Å². The summed E-state index contributed by atoms with van der Waals surface area (Å²) in [7, 11) is 0. The van der Waals surface area contributed by atoms with Crippen LogP contribution in [0, 0.1) is 0 Å². The van der Waals surface area contributed by atoms with Gasteiger partial charge in [-0.15, -0.1) is 0 Å². The number of nitrogens with zero attached hydrogens (tertiary/aromatic N) is 2. The van der Waals surface area contributed by atoms with Crippen molar-refractivity contribution in [3.05, 3.63) is 255 Å². The molecule has 0 spiro atoms. The third-order valence-corrected chi connectivity index (χ3v) is 13.4. The molecule has 0 N–H and O–H groups in total. The minimum atomic E-state index is 0.899. The van der Waals surface area contributed by atoms with E-state index in [1.807, 2.05) is 12.1 Å². The van der Waals surface area contributed by atoms with E-state index in [0.29, 0.717) is 0 Å². The molecule has 0 aliphatic rings. The summed E-state index contributed by atoms with van der Waals surface area (Å²) in [6.45, 7) is 0. The molecule has 0 aliphatic heterocycles. The molecule has 0 saturated heterocycles. The number of furan rings is 1. The molecule has 0 saturated carbocycles. The Morgan fingerprint density at radius 3 is 1.51 bits per heavy atom. The number of fused-ring (bicyclic) bond motifs is 7. The quantitative estimate of drug-likeness (QED) is 0.152. The van der Waals surface area contributed by atoms with Crippen LogP contribution in [0.5, 0.6) is 0 Å². The van der Waals surface area contributed by atoms with Crippen LogP contribution in [0.15, 0.2) is 259 Å². The van der Waals surface area contributed by atoms with Gasteiger partial charge in [-0.1, -0.05) is 200 Å². The van der Waals surface area contributed by atoms with Gasteiger partial charge in [0.2, 0.25) is 0 Å². The monoisotopic (exact) mass is 854 g/mol. The second-order valence-electron chi connectivity index (χ2n) is 17.2. The fourth-order valence-electron chi connectivity index (χ4n) is 10.4. The number of anilines is 3. The van der Waals surface area contributed by atoms with Crippen molar-refractivity contribution in [2.24, 2.45) is 0 Å². The number of hydrogen-bond acceptors (Lipinski definition) is 2. The summed E-state index contributed by atoms with van der Waals surface area (Å²) in [5.41, 5.74) is 17.8. The molecule has 13 rings (SSSR count). The summed E-state index contributed by atoms with van der Waals surface area (Å²) in [5.74, 6) is 0. The summed E-state index contributed by atoms with van der Waals surface area (Å²) in [6, 6.07) is 91.9. The van der Waals surface area contributed by atoms with Crippen LogP contribution in [-0.2, 0) is 0 Å². The Bertz CT molecular complexity index is 3930. The van der Waals surface area contributed by atoms with Crippen LogP contribution in [0.3, 0.4) is 0 Å². The average Bonchev–Trinajstić information content (AvgIpc) is 3.95. The van der Waals surface area contributed by atoms with Crippen molar-refractivity contribution in [3.8, 4) is 50.2 Å². The highest BCUT2D eigenvalue weighted by Crippen LogP contribution is 2.45. The summed E-state index contributed by atoms with van der Waals surface area (Å²) < 4.78 is 8.91. The molecule has 0 fully saturated rings. The van der Waals surface area contributed by atoms with Crippen LogP contribution in [0.4, 0.5) is 17.1 Å². The van der Waals surface area contributed by atoms with Crippen LogP contribution in [0.2, 0.25) is 0 Å². The Morgan fingerprint density at radius 2 is 0.776 bits per heavy atom.